The third kappa shape index (κ3) is 1.93. The van der Waals surface area contributed by atoms with Gasteiger partial charge in [0.15, 0.2) is 0 Å². The molecule has 1 aromatic carbocycles. The molecule has 74 valence electrons. The zero-order valence-electron chi connectivity index (χ0n) is 8.62. The van der Waals surface area contributed by atoms with Crippen molar-refractivity contribution in [2.75, 3.05) is 20.6 Å². The molecule has 0 unspecified atom stereocenters. The minimum atomic E-state index is 1.04. The summed E-state index contributed by atoms with van der Waals surface area (Å²) in [6.45, 7) is 1.08. The molecule has 0 fully saturated rings. The van der Waals surface area contributed by atoms with Gasteiger partial charge in [-0.1, -0.05) is 6.07 Å². The van der Waals surface area contributed by atoms with Crippen LogP contribution in [0.4, 0.5) is 0 Å². The van der Waals surface area contributed by atoms with E-state index in [0.29, 0.717) is 0 Å². The third-order valence-corrected chi connectivity index (χ3v) is 2.33. The van der Waals surface area contributed by atoms with Crippen LogP contribution >= 0.6 is 0 Å². The summed E-state index contributed by atoms with van der Waals surface area (Å²) in [7, 11) is 4.18. The van der Waals surface area contributed by atoms with Gasteiger partial charge in [-0.15, -0.1) is 0 Å². The minimum absolute atomic E-state index is 1.04. The number of hydrogen-bond donors (Lipinski definition) is 1. The fourth-order valence-corrected chi connectivity index (χ4v) is 1.49. The highest BCUT2D eigenvalue weighted by Crippen LogP contribution is 2.11. The van der Waals surface area contributed by atoms with Crippen LogP contribution in [-0.4, -0.2) is 35.5 Å². The minimum Gasteiger partial charge on any atom is -0.345 e. The Bertz CT molecular complexity index is 417. The summed E-state index contributed by atoms with van der Waals surface area (Å²) in [5.74, 6) is 0. The van der Waals surface area contributed by atoms with Crippen molar-refractivity contribution in [2.45, 2.75) is 6.42 Å². The van der Waals surface area contributed by atoms with Crippen LogP contribution in [0.5, 0.6) is 0 Å². The van der Waals surface area contributed by atoms with Crippen LogP contribution in [0.1, 0.15) is 5.56 Å². The standard InChI is InChI=1S/C11H15N3/c1-14(2)6-5-9-3-4-10-11(7-9)13-8-12-10/h3-4,7-8H,5-6H2,1-2H3,(H,12,13). The Hall–Kier alpha value is -1.35. The SMILES string of the molecule is CN(C)CCc1ccc2nc[nH]c2c1. The van der Waals surface area contributed by atoms with E-state index in [1.807, 2.05) is 0 Å². The number of aromatic amines is 1. The lowest BCUT2D eigenvalue weighted by atomic mass is 10.1. The Kier molecular flexibility index (Phi) is 2.50. The van der Waals surface area contributed by atoms with E-state index in [1.54, 1.807) is 6.33 Å². The molecule has 0 amide bonds. The van der Waals surface area contributed by atoms with Gasteiger partial charge >= 0.3 is 0 Å². The zero-order chi connectivity index (χ0) is 9.97. The number of fused-ring (bicyclic) bond motifs is 1. The Morgan fingerprint density at radius 2 is 2.21 bits per heavy atom. The fourth-order valence-electron chi connectivity index (χ4n) is 1.49. The van der Waals surface area contributed by atoms with Gasteiger partial charge in [-0.2, -0.15) is 0 Å². The molecule has 0 saturated carbocycles. The van der Waals surface area contributed by atoms with Crippen molar-refractivity contribution in [3.8, 4) is 0 Å². The highest BCUT2D eigenvalue weighted by Gasteiger charge is 1.98. The molecule has 0 atom stereocenters. The number of benzene rings is 1. The first-order valence-electron chi connectivity index (χ1n) is 4.82. The summed E-state index contributed by atoms with van der Waals surface area (Å²) in [6.07, 6.45) is 2.82. The van der Waals surface area contributed by atoms with E-state index in [4.69, 9.17) is 0 Å². The summed E-state index contributed by atoms with van der Waals surface area (Å²) >= 11 is 0. The average Bonchev–Trinajstić information content (AvgIpc) is 2.61. The van der Waals surface area contributed by atoms with Crippen LogP contribution in [0.25, 0.3) is 11.0 Å². The van der Waals surface area contributed by atoms with E-state index in [1.165, 1.54) is 5.56 Å². The van der Waals surface area contributed by atoms with Gasteiger partial charge in [-0.25, -0.2) is 4.98 Å². The van der Waals surface area contributed by atoms with Crippen LogP contribution in [0, 0.1) is 0 Å². The zero-order valence-corrected chi connectivity index (χ0v) is 8.62. The fraction of sp³-hybridized carbons (Fsp3) is 0.364. The Balaban J connectivity index is 2.17. The lowest BCUT2D eigenvalue weighted by molar-refractivity contribution is 0.414. The third-order valence-electron chi connectivity index (χ3n) is 2.33. The second kappa shape index (κ2) is 3.80. The van der Waals surface area contributed by atoms with Crippen LogP contribution in [0.2, 0.25) is 0 Å². The molecule has 2 rings (SSSR count). The molecule has 0 aliphatic heterocycles. The van der Waals surface area contributed by atoms with Gasteiger partial charge in [-0.05, 0) is 38.2 Å². The molecule has 0 aliphatic carbocycles. The summed E-state index contributed by atoms with van der Waals surface area (Å²) in [4.78, 5) is 9.50. The lowest BCUT2D eigenvalue weighted by Gasteiger charge is -2.08. The molecule has 0 aliphatic rings. The van der Waals surface area contributed by atoms with E-state index >= 15 is 0 Å². The molecule has 0 saturated heterocycles. The molecule has 2 aromatic rings. The quantitative estimate of drug-likeness (QED) is 0.796. The van der Waals surface area contributed by atoms with Gasteiger partial charge in [0, 0.05) is 6.54 Å². The van der Waals surface area contributed by atoms with Gasteiger partial charge < -0.3 is 9.88 Å². The second-order valence-corrected chi connectivity index (χ2v) is 3.81. The highest BCUT2D eigenvalue weighted by atomic mass is 15.0. The summed E-state index contributed by atoms with van der Waals surface area (Å²) in [6, 6.07) is 6.38. The molecule has 3 heteroatoms. The first-order valence-corrected chi connectivity index (χ1v) is 4.82. The van der Waals surface area contributed by atoms with Crippen LogP contribution < -0.4 is 0 Å². The van der Waals surface area contributed by atoms with Crippen molar-refractivity contribution in [2.24, 2.45) is 0 Å². The molecule has 1 aromatic heterocycles. The van der Waals surface area contributed by atoms with Crippen molar-refractivity contribution in [1.82, 2.24) is 14.9 Å². The topological polar surface area (TPSA) is 31.9 Å². The number of H-pyrrole nitrogens is 1. The maximum atomic E-state index is 4.19. The predicted molar refractivity (Wildman–Crippen MR) is 58.4 cm³/mol. The van der Waals surface area contributed by atoms with Crippen molar-refractivity contribution >= 4 is 11.0 Å². The van der Waals surface area contributed by atoms with E-state index in [0.717, 1.165) is 24.0 Å². The second-order valence-electron chi connectivity index (χ2n) is 3.81. The molecular formula is C11H15N3. The van der Waals surface area contributed by atoms with E-state index < -0.39 is 0 Å². The van der Waals surface area contributed by atoms with Gasteiger partial charge in [0.1, 0.15) is 0 Å². The number of hydrogen-bond acceptors (Lipinski definition) is 2. The maximum Gasteiger partial charge on any atom is 0.0931 e. The molecule has 1 heterocycles. The van der Waals surface area contributed by atoms with Gasteiger partial charge in [0.25, 0.3) is 0 Å². The number of imidazole rings is 1. The predicted octanol–water partition coefficient (Wildman–Crippen LogP) is 1.67. The monoisotopic (exact) mass is 189 g/mol. The van der Waals surface area contributed by atoms with Gasteiger partial charge in [0.05, 0.1) is 17.4 Å². The van der Waals surface area contributed by atoms with Crippen LogP contribution in [-0.2, 0) is 6.42 Å². The highest BCUT2D eigenvalue weighted by molar-refractivity contribution is 5.74. The van der Waals surface area contributed by atoms with Gasteiger partial charge in [0.2, 0.25) is 0 Å². The van der Waals surface area contributed by atoms with Gasteiger partial charge in [-0.3, -0.25) is 0 Å². The van der Waals surface area contributed by atoms with E-state index in [-0.39, 0.29) is 0 Å². The number of nitrogens with zero attached hydrogens (tertiary/aromatic N) is 2. The first-order chi connectivity index (χ1) is 6.75. The number of rotatable bonds is 3. The Morgan fingerprint density at radius 3 is 3.00 bits per heavy atom. The van der Waals surface area contributed by atoms with Crippen molar-refractivity contribution in [3.05, 3.63) is 30.1 Å². The van der Waals surface area contributed by atoms with Crippen molar-refractivity contribution in [3.63, 3.8) is 0 Å². The maximum absolute atomic E-state index is 4.19. The van der Waals surface area contributed by atoms with Crippen LogP contribution in [0.15, 0.2) is 24.5 Å². The Morgan fingerprint density at radius 1 is 1.36 bits per heavy atom. The molecule has 0 spiro atoms. The summed E-state index contributed by atoms with van der Waals surface area (Å²) in [5, 5.41) is 0. The number of aromatic nitrogens is 2. The number of likely N-dealkylation sites (N-methyl/N-ethyl adjacent to an activating group) is 1. The average molecular weight is 189 g/mol. The largest absolute Gasteiger partial charge is 0.345 e. The lowest BCUT2D eigenvalue weighted by Crippen LogP contribution is -2.14. The van der Waals surface area contributed by atoms with E-state index in [9.17, 15) is 0 Å². The summed E-state index contributed by atoms with van der Waals surface area (Å²) < 4.78 is 0. The molecule has 0 radical (unpaired) electrons. The molecule has 14 heavy (non-hydrogen) atoms. The van der Waals surface area contributed by atoms with Crippen LogP contribution in [0.3, 0.4) is 0 Å². The first kappa shape index (κ1) is 9.21. The molecular weight excluding hydrogens is 174 g/mol. The molecule has 1 N–H and O–H groups in total. The smallest absolute Gasteiger partial charge is 0.0931 e. The Labute approximate surface area is 83.8 Å². The molecule has 3 nitrogen and oxygen atoms in total. The molecule has 0 bridgehead atoms. The van der Waals surface area contributed by atoms with Crippen molar-refractivity contribution < 1.29 is 0 Å². The number of nitrogens with one attached hydrogen (secondary N) is 1. The summed E-state index contributed by atoms with van der Waals surface area (Å²) in [5.41, 5.74) is 3.52. The normalized spacial score (nSPS) is 11.4. The van der Waals surface area contributed by atoms with E-state index in [2.05, 4.69) is 47.2 Å². The van der Waals surface area contributed by atoms with Crippen molar-refractivity contribution in [1.29, 1.82) is 0 Å².